The Morgan fingerprint density at radius 3 is 2.76 bits per heavy atom. The minimum atomic E-state index is 0.0130. The van der Waals surface area contributed by atoms with Gasteiger partial charge in [0.25, 0.3) is 0 Å². The minimum absolute atomic E-state index is 0.0130. The van der Waals surface area contributed by atoms with Gasteiger partial charge in [-0.05, 0) is 49.9 Å². The van der Waals surface area contributed by atoms with E-state index < -0.39 is 0 Å². The Kier molecular flexibility index (Phi) is 7.75. The Morgan fingerprint density at radius 2 is 2.14 bits per heavy atom. The average molecular weight is 357 g/mol. The summed E-state index contributed by atoms with van der Waals surface area (Å²) in [5.41, 5.74) is 8.20. The molecule has 0 heterocycles. The number of amides is 1. The van der Waals surface area contributed by atoms with E-state index in [0.717, 1.165) is 34.2 Å². The van der Waals surface area contributed by atoms with Gasteiger partial charge in [-0.15, -0.1) is 0 Å². The number of hydrogen-bond donors (Lipinski definition) is 2. The average Bonchev–Trinajstić information content (AvgIpc) is 2.41. The van der Waals surface area contributed by atoms with Gasteiger partial charge in [0.15, 0.2) is 0 Å². The van der Waals surface area contributed by atoms with E-state index >= 15 is 0 Å². The quantitative estimate of drug-likeness (QED) is 0.752. The summed E-state index contributed by atoms with van der Waals surface area (Å²) in [5.74, 6) is 0.866. The summed E-state index contributed by atoms with van der Waals surface area (Å²) >= 11 is 3.51. The zero-order chi connectivity index (χ0) is 15.8. The number of nitrogens with two attached hydrogens (primary N) is 1. The van der Waals surface area contributed by atoms with Crippen molar-refractivity contribution in [3.63, 3.8) is 0 Å². The maximum Gasteiger partial charge on any atom is 0.223 e. The molecule has 0 saturated heterocycles. The first kappa shape index (κ1) is 18.0. The molecule has 21 heavy (non-hydrogen) atoms. The predicted molar refractivity (Wildman–Crippen MR) is 89.6 cm³/mol. The van der Waals surface area contributed by atoms with Crippen LogP contribution in [0.15, 0.2) is 16.6 Å². The lowest BCUT2D eigenvalue weighted by Gasteiger charge is -2.17. The fourth-order valence-electron chi connectivity index (χ4n) is 2.12. The first-order valence-corrected chi connectivity index (χ1v) is 8.21. The van der Waals surface area contributed by atoms with Crippen molar-refractivity contribution in [2.45, 2.75) is 46.1 Å². The molecule has 1 rings (SSSR count). The number of hydrogen-bond acceptors (Lipinski definition) is 3. The van der Waals surface area contributed by atoms with E-state index in [9.17, 15) is 4.79 Å². The highest BCUT2D eigenvalue weighted by Crippen LogP contribution is 2.29. The number of carbonyl (C=O) groups excluding carboxylic acids is 1. The van der Waals surface area contributed by atoms with Crippen molar-refractivity contribution < 1.29 is 9.53 Å². The molecule has 1 aromatic rings. The van der Waals surface area contributed by atoms with Gasteiger partial charge in [0.1, 0.15) is 5.75 Å². The van der Waals surface area contributed by atoms with Gasteiger partial charge in [-0.2, -0.15) is 0 Å². The molecule has 0 spiro atoms. The molecular formula is C16H25BrN2O2. The summed E-state index contributed by atoms with van der Waals surface area (Å²) in [7, 11) is 0. The van der Waals surface area contributed by atoms with Crippen molar-refractivity contribution in [1.82, 2.24) is 5.32 Å². The molecule has 0 aromatic heterocycles. The van der Waals surface area contributed by atoms with Crippen molar-refractivity contribution in [2.24, 2.45) is 5.73 Å². The molecule has 0 radical (unpaired) electrons. The summed E-state index contributed by atoms with van der Waals surface area (Å²) in [6, 6.07) is 4.18. The molecule has 0 saturated carbocycles. The number of halogens is 1. The predicted octanol–water partition coefficient (Wildman–Crippen LogP) is 2.94. The SMILES string of the molecule is CCNC(=O)CCOc1c(C)cc(Br)cc1CC(N)CC. The molecule has 0 aliphatic carbocycles. The Balaban J connectivity index is 2.77. The van der Waals surface area contributed by atoms with Crippen LogP contribution in [0.4, 0.5) is 0 Å². The number of rotatable bonds is 8. The van der Waals surface area contributed by atoms with Gasteiger partial charge in [0.05, 0.1) is 13.0 Å². The van der Waals surface area contributed by atoms with Crippen LogP contribution in [0.3, 0.4) is 0 Å². The fraction of sp³-hybridized carbons (Fsp3) is 0.562. The molecule has 1 unspecified atom stereocenters. The molecule has 0 fully saturated rings. The summed E-state index contributed by atoms with van der Waals surface area (Å²) in [5, 5.41) is 2.77. The molecule has 0 aliphatic heterocycles. The third-order valence-corrected chi connectivity index (χ3v) is 3.73. The third kappa shape index (κ3) is 6.06. The Bertz CT molecular complexity index is 478. The highest BCUT2D eigenvalue weighted by atomic mass is 79.9. The first-order valence-electron chi connectivity index (χ1n) is 7.42. The van der Waals surface area contributed by atoms with Gasteiger partial charge in [-0.1, -0.05) is 22.9 Å². The van der Waals surface area contributed by atoms with Gasteiger partial charge >= 0.3 is 0 Å². The van der Waals surface area contributed by atoms with E-state index in [1.807, 2.05) is 26.0 Å². The van der Waals surface area contributed by atoms with Crippen LogP contribution >= 0.6 is 15.9 Å². The van der Waals surface area contributed by atoms with E-state index in [1.54, 1.807) is 0 Å². The van der Waals surface area contributed by atoms with Crippen LogP contribution in [-0.4, -0.2) is 25.1 Å². The van der Waals surface area contributed by atoms with Gasteiger partial charge < -0.3 is 15.8 Å². The van der Waals surface area contributed by atoms with Crippen LogP contribution in [0, 0.1) is 6.92 Å². The molecular weight excluding hydrogens is 332 g/mol. The molecule has 5 heteroatoms. The molecule has 1 amide bonds. The summed E-state index contributed by atoms with van der Waals surface area (Å²) < 4.78 is 6.87. The highest BCUT2D eigenvalue weighted by Gasteiger charge is 2.12. The lowest BCUT2D eigenvalue weighted by atomic mass is 10.0. The van der Waals surface area contributed by atoms with E-state index in [4.69, 9.17) is 10.5 Å². The van der Waals surface area contributed by atoms with Crippen molar-refractivity contribution in [3.05, 3.63) is 27.7 Å². The Morgan fingerprint density at radius 1 is 1.43 bits per heavy atom. The molecule has 0 bridgehead atoms. The van der Waals surface area contributed by atoms with Gasteiger partial charge in [-0.25, -0.2) is 0 Å². The topological polar surface area (TPSA) is 64.3 Å². The highest BCUT2D eigenvalue weighted by molar-refractivity contribution is 9.10. The second-order valence-corrected chi connectivity index (χ2v) is 6.05. The monoisotopic (exact) mass is 356 g/mol. The van der Waals surface area contributed by atoms with E-state index in [1.165, 1.54) is 0 Å². The normalized spacial score (nSPS) is 12.0. The molecule has 4 nitrogen and oxygen atoms in total. The number of ether oxygens (including phenoxy) is 1. The maximum atomic E-state index is 11.5. The third-order valence-electron chi connectivity index (χ3n) is 3.27. The second kappa shape index (κ2) is 9.05. The first-order chi connectivity index (χ1) is 9.97. The van der Waals surface area contributed by atoms with Crippen LogP contribution in [0.2, 0.25) is 0 Å². The molecule has 1 atom stereocenters. The van der Waals surface area contributed by atoms with E-state index in [0.29, 0.717) is 19.6 Å². The number of nitrogens with one attached hydrogen (secondary N) is 1. The van der Waals surface area contributed by atoms with Gasteiger partial charge in [-0.3, -0.25) is 4.79 Å². The lowest BCUT2D eigenvalue weighted by molar-refractivity contribution is -0.121. The molecule has 1 aromatic carbocycles. The van der Waals surface area contributed by atoms with Crippen molar-refractivity contribution in [1.29, 1.82) is 0 Å². The lowest BCUT2D eigenvalue weighted by Crippen LogP contribution is -2.25. The Hall–Kier alpha value is -1.07. The zero-order valence-corrected chi connectivity index (χ0v) is 14.6. The smallest absolute Gasteiger partial charge is 0.223 e. The fourth-order valence-corrected chi connectivity index (χ4v) is 2.74. The van der Waals surface area contributed by atoms with Crippen LogP contribution in [0.25, 0.3) is 0 Å². The standard InChI is InChI=1S/C16H25BrN2O2/c1-4-14(18)10-12-9-13(17)8-11(3)16(12)21-7-6-15(20)19-5-2/h8-9,14H,4-7,10,18H2,1-3H3,(H,19,20). The van der Waals surface area contributed by atoms with Crippen LogP contribution in [0.5, 0.6) is 5.75 Å². The zero-order valence-electron chi connectivity index (χ0n) is 13.0. The summed E-state index contributed by atoms with van der Waals surface area (Å²) in [6.07, 6.45) is 2.06. The number of benzene rings is 1. The largest absolute Gasteiger partial charge is 0.492 e. The second-order valence-electron chi connectivity index (χ2n) is 5.14. The summed E-state index contributed by atoms with van der Waals surface area (Å²) in [6.45, 7) is 7.01. The van der Waals surface area contributed by atoms with Crippen molar-refractivity contribution in [3.8, 4) is 5.75 Å². The summed E-state index contributed by atoms with van der Waals surface area (Å²) in [4.78, 5) is 11.5. The molecule has 0 aliphatic rings. The van der Waals surface area contributed by atoms with Crippen LogP contribution in [0.1, 0.15) is 37.8 Å². The maximum absolute atomic E-state index is 11.5. The minimum Gasteiger partial charge on any atom is -0.492 e. The van der Waals surface area contributed by atoms with Gasteiger partial charge in [0, 0.05) is 17.1 Å². The van der Waals surface area contributed by atoms with E-state index in [-0.39, 0.29) is 11.9 Å². The van der Waals surface area contributed by atoms with Crippen LogP contribution in [-0.2, 0) is 11.2 Å². The number of aryl methyl sites for hydroxylation is 1. The molecule has 118 valence electrons. The number of carbonyl (C=O) groups is 1. The van der Waals surface area contributed by atoms with Gasteiger partial charge in [0.2, 0.25) is 5.91 Å². The van der Waals surface area contributed by atoms with Crippen LogP contribution < -0.4 is 15.8 Å². The van der Waals surface area contributed by atoms with Crippen molar-refractivity contribution in [2.75, 3.05) is 13.2 Å². The Labute approximate surface area is 135 Å². The molecule has 3 N–H and O–H groups in total. The van der Waals surface area contributed by atoms with Crippen molar-refractivity contribution >= 4 is 21.8 Å². The van der Waals surface area contributed by atoms with E-state index in [2.05, 4.69) is 28.2 Å².